The number of esters is 2. The third-order valence-electron chi connectivity index (χ3n) is 3.75. The molecule has 31 heavy (non-hydrogen) atoms. The van der Waals surface area contributed by atoms with Gasteiger partial charge in [-0.15, -0.1) is 11.3 Å². The number of ether oxygens (including phenoxy) is 4. The average Bonchev–Trinajstić information content (AvgIpc) is 3.16. The normalized spacial score (nSPS) is 11.8. The van der Waals surface area contributed by atoms with Crippen LogP contribution < -0.4 is 14.9 Å². The molecule has 1 aromatic heterocycles. The van der Waals surface area contributed by atoms with E-state index < -0.39 is 12.1 Å². The van der Waals surface area contributed by atoms with Crippen LogP contribution in [-0.2, 0) is 25.5 Å². The fourth-order valence-corrected chi connectivity index (χ4v) is 3.22. The first-order chi connectivity index (χ1) is 14.9. The molecule has 0 amide bonds. The second kappa shape index (κ2) is 12.1. The van der Waals surface area contributed by atoms with Gasteiger partial charge in [0.25, 0.3) is 0 Å². The second-order valence-electron chi connectivity index (χ2n) is 6.03. The predicted octanol–water partition coefficient (Wildman–Crippen LogP) is 3.69. The number of hydrogen-bond donors (Lipinski definition) is 1. The number of carbonyl (C=O) groups is 2. The molecule has 0 bridgehead atoms. The Bertz CT molecular complexity index is 934. The van der Waals surface area contributed by atoms with Crippen molar-refractivity contribution >= 4 is 46.2 Å². The highest BCUT2D eigenvalue weighted by atomic mass is 35.5. The molecule has 0 spiro atoms. The molecular formula is C20H24ClN3O6S. The number of hydrazone groups is 1. The Morgan fingerprint density at radius 3 is 2.68 bits per heavy atom. The number of thiazole rings is 1. The van der Waals surface area contributed by atoms with Gasteiger partial charge < -0.3 is 18.9 Å². The maximum atomic E-state index is 11.8. The Hall–Kier alpha value is -2.85. The highest BCUT2D eigenvalue weighted by Crippen LogP contribution is 2.33. The Kier molecular flexibility index (Phi) is 9.54. The maximum absolute atomic E-state index is 11.8. The summed E-state index contributed by atoms with van der Waals surface area (Å²) in [5.41, 5.74) is 3.95. The van der Waals surface area contributed by atoms with Crippen LogP contribution in [0.15, 0.2) is 22.6 Å². The molecule has 1 heterocycles. The average molecular weight is 470 g/mol. The van der Waals surface area contributed by atoms with Crippen molar-refractivity contribution < 1.29 is 28.5 Å². The van der Waals surface area contributed by atoms with E-state index in [-0.39, 0.29) is 19.0 Å². The third-order valence-corrected chi connectivity index (χ3v) is 4.87. The molecule has 1 unspecified atom stereocenters. The van der Waals surface area contributed by atoms with E-state index in [9.17, 15) is 9.59 Å². The lowest BCUT2D eigenvalue weighted by Crippen LogP contribution is -2.26. The van der Waals surface area contributed by atoms with Crippen molar-refractivity contribution in [3.05, 3.63) is 33.8 Å². The molecule has 0 radical (unpaired) electrons. The summed E-state index contributed by atoms with van der Waals surface area (Å²) in [7, 11) is 1.48. The molecule has 1 aromatic carbocycles. The highest BCUT2D eigenvalue weighted by Gasteiger charge is 2.19. The molecule has 0 saturated carbocycles. The second-order valence-corrected chi connectivity index (χ2v) is 7.30. The van der Waals surface area contributed by atoms with E-state index in [1.54, 1.807) is 32.2 Å². The van der Waals surface area contributed by atoms with Crippen LogP contribution in [0, 0.1) is 0 Å². The zero-order chi connectivity index (χ0) is 22.8. The lowest BCUT2D eigenvalue weighted by molar-refractivity contribution is -0.150. The molecule has 11 heteroatoms. The number of halogens is 1. The van der Waals surface area contributed by atoms with Crippen molar-refractivity contribution in [2.75, 3.05) is 25.7 Å². The van der Waals surface area contributed by atoms with Gasteiger partial charge in [0.05, 0.1) is 43.7 Å². The summed E-state index contributed by atoms with van der Waals surface area (Å²) in [6.45, 7) is 5.64. The quantitative estimate of drug-likeness (QED) is 0.301. The molecule has 0 saturated heterocycles. The van der Waals surface area contributed by atoms with Gasteiger partial charge in [-0.25, -0.2) is 9.78 Å². The predicted molar refractivity (Wildman–Crippen MR) is 118 cm³/mol. The molecule has 1 N–H and O–H groups in total. The van der Waals surface area contributed by atoms with Crippen LogP contribution in [0.4, 0.5) is 5.13 Å². The third kappa shape index (κ3) is 7.41. The van der Waals surface area contributed by atoms with Gasteiger partial charge in [-0.05, 0) is 26.8 Å². The van der Waals surface area contributed by atoms with Crippen LogP contribution in [0.25, 0.3) is 0 Å². The van der Waals surface area contributed by atoms with E-state index in [1.807, 2.05) is 0 Å². The van der Waals surface area contributed by atoms with Crippen LogP contribution >= 0.6 is 22.9 Å². The number of rotatable bonds is 11. The Morgan fingerprint density at radius 1 is 1.26 bits per heavy atom. The smallest absolute Gasteiger partial charge is 0.347 e. The number of nitrogens with one attached hydrogen (secondary N) is 1. The van der Waals surface area contributed by atoms with Crippen molar-refractivity contribution in [1.29, 1.82) is 0 Å². The summed E-state index contributed by atoms with van der Waals surface area (Å²) in [5.74, 6) is -0.128. The van der Waals surface area contributed by atoms with E-state index >= 15 is 0 Å². The summed E-state index contributed by atoms with van der Waals surface area (Å²) in [5, 5.41) is 6.74. The van der Waals surface area contributed by atoms with E-state index in [2.05, 4.69) is 15.5 Å². The molecule has 0 aliphatic heterocycles. The van der Waals surface area contributed by atoms with Crippen LogP contribution in [0.1, 0.15) is 32.0 Å². The molecule has 1 atom stereocenters. The first kappa shape index (κ1) is 24.4. The molecule has 2 rings (SSSR count). The van der Waals surface area contributed by atoms with E-state index in [0.717, 1.165) is 0 Å². The van der Waals surface area contributed by atoms with Gasteiger partial charge in [0.2, 0.25) is 5.13 Å². The standard InChI is InChI=1S/C20H24ClN3O6S/c1-5-28-18(25)8-14-11-31-20(23-14)24-22-10-13-7-16(27-4)17(9-15(13)21)30-12(3)19(26)29-6-2/h7,9-12H,5-6,8H2,1-4H3,(H,23,24). The molecular weight excluding hydrogens is 446 g/mol. The summed E-state index contributed by atoms with van der Waals surface area (Å²) in [4.78, 5) is 27.6. The van der Waals surface area contributed by atoms with Crippen molar-refractivity contribution in [2.45, 2.75) is 33.3 Å². The van der Waals surface area contributed by atoms with Crippen LogP contribution in [0.5, 0.6) is 11.5 Å². The van der Waals surface area contributed by atoms with Gasteiger partial charge in [0.15, 0.2) is 17.6 Å². The summed E-state index contributed by atoms with van der Waals surface area (Å²) < 4.78 is 20.8. The number of hydrogen-bond acceptors (Lipinski definition) is 10. The number of anilines is 1. The Balaban J connectivity index is 2.05. The molecule has 9 nitrogen and oxygen atoms in total. The van der Waals surface area contributed by atoms with Crippen molar-refractivity contribution in [3.63, 3.8) is 0 Å². The fraction of sp³-hybridized carbons (Fsp3) is 0.400. The molecule has 0 fully saturated rings. The van der Waals surface area contributed by atoms with Gasteiger partial charge >= 0.3 is 11.9 Å². The number of carbonyl (C=O) groups excluding carboxylic acids is 2. The van der Waals surface area contributed by atoms with Crippen molar-refractivity contribution in [3.8, 4) is 11.5 Å². The number of methoxy groups -OCH3 is 1. The zero-order valence-electron chi connectivity index (χ0n) is 17.6. The minimum Gasteiger partial charge on any atom is -0.493 e. The van der Waals surface area contributed by atoms with E-state index in [0.29, 0.717) is 39.5 Å². The molecule has 0 aliphatic carbocycles. The van der Waals surface area contributed by atoms with Gasteiger partial charge in [-0.3, -0.25) is 10.2 Å². The molecule has 168 valence electrons. The zero-order valence-corrected chi connectivity index (χ0v) is 19.2. The maximum Gasteiger partial charge on any atom is 0.347 e. The van der Waals surface area contributed by atoms with Gasteiger partial charge in [0, 0.05) is 17.0 Å². The van der Waals surface area contributed by atoms with Gasteiger partial charge in [-0.1, -0.05) is 11.6 Å². The van der Waals surface area contributed by atoms with Crippen LogP contribution in [-0.4, -0.2) is 49.6 Å². The SMILES string of the molecule is CCOC(=O)Cc1csc(NN=Cc2cc(OC)c(OC(C)C(=O)OCC)cc2Cl)n1. The van der Waals surface area contributed by atoms with Crippen molar-refractivity contribution in [2.24, 2.45) is 5.10 Å². The van der Waals surface area contributed by atoms with Gasteiger partial charge in [-0.2, -0.15) is 5.10 Å². The highest BCUT2D eigenvalue weighted by molar-refractivity contribution is 7.13. The lowest BCUT2D eigenvalue weighted by atomic mass is 10.2. The van der Waals surface area contributed by atoms with Crippen LogP contribution in [0.2, 0.25) is 5.02 Å². The van der Waals surface area contributed by atoms with E-state index in [4.69, 9.17) is 30.5 Å². The number of nitrogens with zero attached hydrogens (tertiary/aromatic N) is 2. The number of aromatic nitrogens is 1. The minimum absolute atomic E-state index is 0.102. The minimum atomic E-state index is -0.820. The largest absolute Gasteiger partial charge is 0.493 e. The first-order valence-corrected chi connectivity index (χ1v) is 10.7. The monoisotopic (exact) mass is 469 g/mol. The van der Waals surface area contributed by atoms with Crippen molar-refractivity contribution in [1.82, 2.24) is 4.98 Å². The summed E-state index contributed by atoms with van der Waals surface area (Å²) >= 11 is 7.63. The topological polar surface area (TPSA) is 108 Å². The van der Waals surface area contributed by atoms with E-state index in [1.165, 1.54) is 30.7 Å². The van der Waals surface area contributed by atoms with Gasteiger partial charge in [0.1, 0.15) is 0 Å². The lowest BCUT2D eigenvalue weighted by Gasteiger charge is -2.16. The van der Waals surface area contributed by atoms with Crippen LogP contribution in [0.3, 0.4) is 0 Å². The Labute approximate surface area is 189 Å². The Morgan fingerprint density at radius 2 is 2.00 bits per heavy atom. The summed E-state index contributed by atoms with van der Waals surface area (Å²) in [6.07, 6.45) is 0.778. The fourth-order valence-electron chi connectivity index (χ4n) is 2.36. The molecule has 2 aromatic rings. The number of benzene rings is 1. The molecule has 0 aliphatic rings. The summed E-state index contributed by atoms with van der Waals surface area (Å²) in [6, 6.07) is 3.17. The first-order valence-electron chi connectivity index (χ1n) is 9.47.